The number of hydrogen-bond donors (Lipinski definition) is 1. The zero-order valence-electron chi connectivity index (χ0n) is 14.6. The van der Waals surface area contributed by atoms with Crippen molar-refractivity contribution in [2.75, 3.05) is 24.8 Å². The third-order valence-electron chi connectivity index (χ3n) is 4.82. The summed E-state index contributed by atoms with van der Waals surface area (Å²) in [5, 5.41) is 11.1. The molecular formula is C17H17N7O3. The quantitative estimate of drug-likeness (QED) is 0.699. The maximum absolute atomic E-state index is 12.4. The number of anilines is 1. The second kappa shape index (κ2) is 6.08. The Balaban J connectivity index is 1.20. The number of carbonyl (C=O) groups excluding carboxylic acids is 1. The first-order valence-corrected chi connectivity index (χ1v) is 8.60. The number of nitrogens with zero attached hydrogens (tertiary/aromatic N) is 6. The Bertz CT molecular complexity index is 1030. The van der Waals surface area contributed by atoms with Crippen molar-refractivity contribution in [1.82, 2.24) is 30.3 Å². The number of rotatable bonds is 4. The summed E-state index contributed by atoms with van der Waals surface area (Å²) in [7, 11) is 1.79. The topological polar surface area (TPSA) is 107 Å². The minimum Gasteiger partial charge on any atom is -0.454 e. The van der Waals surface area contributed by atoms with E-state index in [1.165, 1.54) is 6.33 Å². The zero-order valence-corrected chi connectivity index (χ0v) is 14.6. The van der Waals surface area contributed by atoms with Gasteiger partial charge in [-0.2, -0.15) is 0 Å². The van der Waals surface area contributed by atoms with Crippen LogP contribution in [0.3, 0.4) is 0 Å². The largest absolute Gasteiger partial charge is 0.454 e. The highest BCUT2D eigenvalue weighted by molar-refractivity contribution is 5.86. The molecule has 0 unspecified atom stereocenters. The minimum absolute atomic E-state index is 0.0216. The fourth-order valence-corrected chi connectivity index (χ4v) is 3.27. The van der Waals surface area contributed by atoms with Crippen LogP contribution in [-0.2, 0) is 18.4 Å². The van der Waals surface area contributed by atoms with Gasteiger partial charge in [0.15, 0.2) is 28.5 Å². The molecule has 27 heavy (non-hydrogen) atoms. The van der Waals surface area contributed by atoms with Crippen molar-refractivity contribution in [2.24, 2.45) is 13.0 Å². The molecule has 1 aromatic carbocycles. The SMILES string of the molecule is Cn1nnc2c(N3CC(C(=O)NCc4ccc5c(c4)OCO5)C3)ncnc21. The zero-order chi connectivity index (χ0) is 18.4. The Hall–Kier alpha value is -3.43. The van der Waals surface area contributed by atoms with Gasteiger partial charge in [0, 0.05) is 26.7 Å². The molecule has 0 aliphatic carbocycles. The highest BCUT2D eigenvalue weighted by atomic mass is 16.7. The maximum Gasteiger partial charge on any atom is 0.231 e. The summed E-state index contributed by atoms with van der Waals surface area (Å²) in [6.07, 6.45) is 1.49. The second-order valence-electron chi connectivity index (χ2n) is 6.59. The molecule has 0 saturated carbocycles. The highest BCUT2D eigenvalue weighted by Gasteiger charge is 2.35. The average Bonchev–Trinajstić information content (AvgIpc) is 3.25. The molecule has 0 atom stereocenters. The van der Waals surface area contributed by atoms with Crippen molar-refractivity contribution in [3.63, 3.8) is 0 Å². The monoisotopic (exact) mass is 367 g/mol. The van der Waals surface area contributed by atoms with E-state index in [-0.39, 0.29) is 18.6 Å². The van der Waals surface area contributed by atoms with Crippen molar-refractivity contribution in [2.45, 2.75) is 6.54 Å². The van der Waals surface area contributed by atoms with E-state index in [1.54, 1.807) is 11.7 Å². The normalized spacial score (nSPS) is 15.8. The summed E-state index contributed by atoms with van der Waals surface area (Å²) in [5.74, 6) is 2.11. The molecule has 0 radical (unpaired) electrons. The predicted octanol–water partition coefficient (Wildman–Crippen LogP) is 0.240. The molecule has 1 amide bonds. The lowest BCUT2D eigenvalue weighted by atomic mass is 9.99. The lowest BCUT2D eigenvalue weighted by molar-refractivity contribution is -0.125. The predicted molar refractivity (Wildman–Crippen MR) is 94.2 cm³/mol. The van der Waals surface area contributed by atoms with Gasteiger partial charge >= 0.3 is 0 Å². The van der Waals surface area contributed by atoms with E-state index in [0.29, 0.717) is 42.4 Å². The molecule has 4 heterocycles. The van der Waals surface area contributed by atoms with Crippen molar-refractivity contribution < 1.29 is 14.3 Å². The molecule has 0 bridgehead atoms. The van der Waals surface area contributed by atoms with Gasteiger partial charge in [-0.1, -0.05) is 11.3 Å². The van der Waals surface area contributed by atoms with Gasteiger partial charge in [-0.25, -0.2) is 14.6 Å². The van der Waals surface area contributed by atoms with E-state index in [1.807, 2.05) is 23.1 Å². The van der Waals surface area contributed by atoms with E-state index in [0.717, 1.165) is 11.3 Å². The first-order chi connectivity index (χ1) is 13.2. The third kappa shape index (κ3) is 2.69. The molecule has 1 N–H and O–H groups in total. The molecule has 2 aliphatic heterocycles. The van der Waals surface area contributed by atoms with Gasteiger partial charge in [-0.15, -0.1) is 5.10 Å². The maximum atomic E-state index is 12.4. The number of carbonyl (C=O) groups is 1. The van der Waals surface area contributed by atoms with Crippen LogP contribution in [0.15, 0.2) is 24.5 Å². The molecule has 1 fully saturated rings. The first kappa shape index (κ1) is 15.8. The van der Waals surface area contributed by atoms with Crippen LogP contribution >= 0.6 is 0 Å². The van der Waals surface area contributed by atoms with Gasteiger partial charge < -0.3 is 19.7 Å². The Kier molecular flexibility index (Phi) is 3.56. The number of aromatic nitrogens is 5. The molecule has 10 nitrogen and oxygen atoms in total. The van der Waals surface area contributed by atoms with Crippen LogP contribution in [0.4, 0.5) is 5.82 Å². The lowest BCUT2D eigenvalue weighted by Gasteiger charge is -2.38. The standard InChI is InChI=1S/C17H17N7O3/c1-23-15-14(21-22-23)16(20-8-19-15)24-6-11(7-24)17(25)18-5-10-2-3-12-13(4-10)27-9-26-12/h2-4,8,11H,5-7,9H2,1H3,(H,18,25). The van der Waals surface area contributed by atoms with Crippen molar-refractivity contribution in [3.05, 3.63) is 30.1 Å². The molecule has 2 aliphatic rings. The number of nitrogens with one attached hydrogen (secondary N) is 1. The van der Waals surface area contributed by atoms with Crippen molar-refractivity contribution >= 4 is 22.9 Å². The number of ether oxygens (including phenoxy) is 2. The Morgan fingerprint density at radius 1 is 1.26 bits per heavy atom. The fourth-order valence-electron chi connectivity index (χ4n) is 3.27. The van der Waals surface area contributed by atoms with Crippen LogP contribution in [-0.4, -0.2) is 50.8 Å². The Morgan fingerprint density at radius 2 is 2.11 bits per heavy atom. The van der Waals surface area contributed by atoms with Crippen LogP contribution in [0, 0.1) is 5.92 Å². The molecule has 3 aromatic rings. The summed E-state index contributed by atoms with van der Waals surface area (Å²) in [5.41, 5.74) is 2.30. The summed E-state index contributed by atoms with van der Waals surface area (Å²) < 4.78 is 12.3. The molecule has 10 heteroatoms. The van der Waals surface area contributed by atoms with E-state index >= 15 is 0 Å². The lowest BCUT2D eigenvalue weighted by Crippen LogP contribution is -2.54. The smallest absolute Gasteiger partial charge is 0.231 e. The van der Waals surface area contributed by atoms with E-state index in [4.69, 9.17) is 9.47 Å². The van der Waals surface area contributed by atoms with Gasteiger partial charge in [0.05, 0.1) is 5.92 Å². The number of hydrogen-bond acceptors (Lipinski definition) is 8. The highest BCUT2D eigenvalue weighted by Crippen LogP contribution is 2.32. The first-order valence-electron chi connectivity index (χ1n) is 8.60. The fraction of sp³-hybridized carbons (Fsp3) is 0.353. The molecule has 1 saturated heterocycles. The summed E-state index contributed by atoms with van der Waals surface area (Å²) in [6, 6.07) is 5.67. The van der Waals surface area contributed by atoms with Crippen LogP contribution in [0.25, 0.3) is 11.2 Å². The van der Waals surface area contributed by atoms with E-state index in [9.17, 15) is 4.79 Å². The van der Waals surface area contributed by atoms with Crippen molar-refractivity contribution in [1.29, 1.82) is 0 Å². The van der Waals surface area contributed by atoms with Gasteiger partial charge in [0.25, 0.3) is 0 Å². The Morgan fingerprint density at radius 3 is 3.00 bits per heavy atom. The van der Waals surface area contributed by atoms with Crippen LogP contribution in [0.5, 0.6) is 11.5 Å². The average molecular weight is 367 g/mol. The van der Waals surface area contributed by atoms with Crippen LogP contribution < -0.4 is 19.7 Å². The van der Waals surface area contributed by atoms with Gasteiger partial charge in [-0.05, 0) is 17.7 Å². The molecule has 0 spiro atoms. The third-order valence-corrected chi connectivity index (χ3v) is 4.82. The minimum atomic E-state index is -0.0827. The van der Waals surface area contributed by atoms with Gasteiger partial charge in [-0.3, -0.25) is 4.79 Å². The van der Waals surface area contributed by atoms with E-state index in [2.05, 4.69) is 25.6 Å². The molecule has 138 valence electrons. The van der Waals surface area contributed by atoms with Gasteiger partial charge in [0.1, 0.15) is 6.33 Å². The summed E-state index contributed by atoms with van der Waals surface area (Å²) in [6.45, 7) is 1.88. The number of benzene rings is 1. The van der Waals surface area contributed by atoms with Crippen molar-refractivity contribution in [3.8, 4) is 11.5 Å². The molecule has 5 rings (SSSR count). The number of aryl methyl sites for hydroxylation is 1. The summed E-state index contributed by atoms with van der Waals surface area (Å²) >= 11 is 0. The van der Waals surface area contributed by atoms with Crippen LogP contribution in [0.2, 0.25) is 0 Å². The summed E-state index contributed by atoms with van der Waals surface area (Å²) in [4.78, 5) is 22.9. The van der Waals surface area contributed by atoms with Crippen LogP contribution in [0.1, 0.15) is 5.56 Å². The van der Waals surface area contributed by atoms with E-state index < -0.39 is 0 Å². The van der Waals surface area contributed by atoms with Gasteiger partial charge in [0.2, 0.25) is 12.7 Å². The Labute approximate surface area is 154 Å². The molecular weight excluding hydrogens is 350 g/mol. The number of amides is 1. The molecule has 2 aromatic heterocycles. The second-order valence-corrected chi connectivity index (χ2v) is 6.59. The number of fused-ring (bicyclic) bond motifs is 2.